The Morgan fingerprint density at radius 2 is 2.03 bits per heavy atom. The molecule has 1 aromatic heterocycles. The number of pyridine rings is 1. The van der Waals surface area contributed by atoms with Gasteiger partial charge < -0.3 is 10.1 Å². The second-order valence-electron chi connectivity index (χ2n) is 8.23. The SMILES string of the molecule is Cc1ccc2nc3c(c(C(=O)OCC(=O)N[C@@](C)(C#N)C(C)C)c2c1)CCCC3. The number of hydrogen-bond donors (Lipinski definition) is 1. The smallest absolute Gasteiger partial charge is 0.339 e. The van der Waals surface area contributed by atoms with Gasteiger partial charge in [0.2, 0.25) is 0 Å². The van der Waals surface area contributed by atoms with E-state index >= 15 is 0 Å². The Labute approximate surface area is 171 Å². The highest BCUT2D eigenvalue weighted by atomic mass is 16.5. The minimum Gasteiger partial charge on any atom is -0.452 e. The Hall–Kier alpha value is -2.94. The van der Waals surface area contributed by atoms with E-state index < -0.39 is 24.0 Å². The second kappa shape index (κ2) is 8.20. The van der Waals surface area contributed by atoms with Gasteiger partial charge in [0.15, 0.2) is 6.61 Å². The molecule has 0 saturated carbocycles. The van der Waals surface area contributed by atoms with Crippen molar-refractivity contribution in [2.75, 3.05) is 6.61 Å². The normalized spacial score (nSPS) is 15.3. The first-order chi connectivity index (χ1) is 13.7. The fourth-order valence-electron chi connectivity index (χ4n) is 3.60. The summed E-state index contributed by atoms with van der Waals surface area (Å²) in [7, 11) is 0. The molecular weight excluding hydrogens is 366 g/mol. The number of fused-ring (bicyclic) bond motifs is 2. The van der Waals surface area contributed by atoms with Crippen molar-refractivity contribution in [2.45, 2.75) is 58.9 Å². The van der Waals surface area contributed by atoms with E-state index in [1.54, 1.807) is 6.92 Å². The number of amides is 1. The molecule has 0 saturated heterocycles. The number of ether oxygens (including phenoxy) is 1. The van der Waals surface area contributed by atoms with Crippen molar-refractivity contribution in [1.82, 2.24) is 10.3 Å². The molecule has 6 nitrogen and oxygen atoms in total. The van der Waals surface area contributed by atoms with Crippen LogP contribution < -0.4 is 5.32 Å². The van der Waals surface area contributed by atoms with Gasteiger partial charge in [-0.1, -0.05) is 25.5 Å². The van der Waals surface area contributed by atoms with Crippen LogP contribution in [0.2, 0.25) is 0 Å². The van der Waals surface area contributed by atoms with Gasteiger partial charge in [0, 0.05) is 11.1 Å². The van der Waals surface area contributed by atoms with Crippen molar-refractivity contribution >= 4 is 22.8 Å². The number of aromatic nitrogens is 1. The van der Waals surface area contributed by atoms with Crippen LogP contribution in [-0.2, 0) is 22.4 Å². The Morgan fingerprint density at radius 3 is 2.72 bits per heavy atom. The molecule has 2 aromatic rings. The Balaban J connectivity index is 1.87. The summed E-state index contributed by atoms with van der Waals surface area (Å²) in [6.07, 6.45) is 3.68. The van der Waals surface area contributed by atoms with Gasteiger partial charge in [-0.05, 0) is 63.1 Å². The van der Waals surface area contributed by atoms with Gasteiger partial charge in [0.1, 0.15) is 5.54 Å². The van der Waals surface area contributed by atoms with Crippen LogP contribution in [0.3, 0.4) is 0 Å². The van der Waals surface area contributed by atoms with E-state index in [4.69, 9.17) is 9.72 Å². The molecule has 0 unspecified atom stereocenters. The lowest BCUT2D eigenvalue weighted by molar-refractivity contribution is -0.125. The molecule has 29 heavy (non-hydrogen) atoms. The third kappa shape index (κ3) is 4.24. The maximum atomic E-state index is 13.0. The first-order valence-electron chi connectivity index (χ1n) is 10.1. The van der Waals surface area contributed by atoms with Gasteiger partial charge >= 0.3 is 5.97 Å². The first-order valence-corrected chi connectivity index (χ1v) is 10.1. The maximum Gasteiger partial charge on any atom is 0.339 e. The van der Waals surface area contributed by atoms with E-state index in [1.807, 2.05) is 39.0 Å². The standard InChI is InChI=1S/C23H27N3O3/c1-14(2)23(4,13-24)26-20(27)12-29-22(28)21-16-7-5-6-8-18(16)25-19-10-9-15(3)11-17(19)21/h9-11,14H,5-8,12H2,1-4H3,(H,26,27)/t23-/m0/s1. The summed E-state index contributed by atoms with van der Waals surface area (Å²) in [6, 6.07) is 7.96. The zero-order valence-electron chi connectivity index (χ0n) is 17.5. The molecule has 0 spiro atoms. The number of carbonyl (C=O) groups is 2. The molecule has 1 aromatic carbocycles. The lowest BCUT2D eigenvalue weighted by Gasteiger charge is -2.27. The van der Waals surface area contributed by atoms with Crippen LogP contribution in [0.15, 0.2) is 18.2 Å². The molecule has 1 aliphatic carbocycles. The number of nitriles is 1. The number of nitrogens with zero attached hydrogens (tertiary/aromatic N) is 2. The third-order valence-corrected chi connectivity index (χ3v) is 5.74. The van der Waals surface area contributed by atoms with E-state index in [0.717, 1.165) is 53.4 Å². The highest BCUT2D eigenvalue weighted by Gasteiger charge is 2.31. The van der Waals surface area contributed by atoms with Gasteiger partial charge in [0.25, 0.3) is 5.91 Å². The Morgan fingerprint density at radius 1 is 1.31 bits per heavy atom. The van der Waals surface area contributed by atoms with E-state index in [2.05, 4.69) is 11.4 Å². The summed E-state index contributed by atoms with van der Waals surface area (Å²) in [4.78, 5) is 30.1. The Kier molecular flexibility index (Phi) is 5.88. The highest BCUT2D eigenvalue weighted by molar-refractivity contribution is 6.05. The fourth-order valence-corrected chi connectivity index (χ4v) is 3.60. The quantitative estimate of drug-likeness (QED) is 0.783. The summed E-state index contributed by atoms with van der Waals surface area (Å²) >= 11 is 0. The number of esters is 1. The molecule has 1 N–H and O–H groups in total. The van der Waals surface area contributed by atoms with Gasteiger partial charge in [-0.2, -0.15) is 5.26 Å². The number of rotatable bonds is 5. The van der Waals surface area contributed by atoms with Crippen molar-refractivity contribution in [2.24, 2.45) is 5.92 Å². The minimum absolute atomic E-state index is 0.0775. The molecule has 0 aliphatic heterocycles. The van der Waals surface area contributed by atoms with Crippen molar-refractivity contribution in [3.63, 3.8) is 0 Å². The molecule has 0 radical (unpaired) electrons. The molecule has 1 heterocycles. The van der Waals surface area contributed by atoms with Crippen LogP contribution in [0.1, 0.15) is 60.8 Å². The maximum absolute atomic E-state index is 13.0. The summed E-state index contributed by atoms with van der Waals surface area (Å²) in [5.41, 5.74) is 3.19. The van der Waals surface area contributed by atoms with Crippen LogP contribution in [0.4, 0.5) is 0 Å². The summed E-state index contributed by atoms with van der Waals surface area (Å²) in [5.74, 6) is -1.08. The number of carbonyl (C=O) groups excluding carboxylic acids is 2. The van der Waals surface area contributed by atoms with Crippen LogP contribution >= 0.6 is 0 Å². The Bertz CT molecular complexity index is 1010. The molecule has 0 fully saturated rings. The first kappa shape index (κ1) is 20.8. The second-order valence-corrected chi connectivity index (χ2v) is 8.23. The van der Waals surface area contributed by atoms with Gasteiger partial charge in [-0.3, -0.25) is 9.78 Å². The summed E-state index contributed by atoms with van der Waals surface area (Å²) in [5, 5.41) is 12.8. The molecular formula is C23H27N3O3. The molecule has 6 heteroatoms. The lowest BCUT2D eigenvalue weighted by atomic mass is 9.89. The summed E-state index contributed by atoms with van der Waals surface area (Å²) < 4.78 is 5.39. The van der Waals surface area contributed by atoms with Crippen LogP contribution in [0.5, 0.6) is 0 Å². The van der Waals surface area contributed by atoms with E-state index in [0.29, 0.717) is 5.56 Å². The van der Waals surface area contributed by atoms with E-state index in [1.165, 1.54) is 0 Å². The molecule has 152 valence electrons. The largest absolute Gasteiger partial charge is 0.452 e. The molecule has 1 amide bonds. The zero-order chi connectivity index (χ0) is 21.2. The van der Waals surface area contributed by atoms with E-state index in [-0.39, 0.29) is 5.92 Å². The van der Waals surface area contributed by atoms with E-state index in [9.17, 15) is 14.9 Å². The lowest BCUT2D eigenvalue weighted by Crippen LogP contribution is -2.50. The summed E-state index contributed by atoms with van der Waals surface area (Å²) in [6.45, 7) is 6.91. The molecule has 3 rings (SSSR count). The minimum atomic E-state index is -1.01. The fraction of sp³-hybridized carbons (Fsp3) is 0.478. The predicted octanol–water partition coefficient (Wildman–Crippen LogP) is 3.63. The van der Waals surface area contributed by atoms with Gasteiger partial charge in [-0.25, -0.2) is 4.79 Å². The molecule has 1 atom stereocenters. The van der Waals surface area contributed by atoms with Gasteiger partial charge in [0.05, 0.1) is 17.1 Å². The average Bonchev–Trinajstić information content (AvgIpc) is 2.70. The highest BCUT2D eigenvalue weighted by Crippen LogP contribution is 2.30. The number of benzene rings is 1. The van der Waals surface area contributed by atoms with Crippen molar-refractivity contribution in [3.05, 3.63) is 40.6 Å². The van der Waals surface area contributed by atoms with Crippen LogP contribution in [0.25, 0.3) is 10.9 Å². The van der Waals surface area contributed by atoms with Gasteiger partial charge in [-0.15, -0.1) is 0 Å². The molecule has 1 aliphatic rings. The zero-order valence-corrected chi connectivity index (χ0v) is 17.5. The predicted molar refractivity (Wildman–Crippen MR) is 110 cm³/mol. The third-order valence-electron chi connectivity index (χ3n) is 5.74. The number of nitrogens with one attached hydrogen (secondary N) is 1. The monoisotopic (exact) mass is 393 g/mol. The average molecular weight is 393 g/mol. The van der Waals surface area contributed by atoms with Crippen LogP contribution in [-0.4, -0.2) is 29.0 Å². The van der Waals surface area contributed by atoms with Crippen molar-refractivity contribution < 1.29 is 14.3 Å². The number of hydrogen-bond acceptors (Lipinski definition) is 5. The molecule has 0 bridgehead atoms. The number of aryl methyl sites for hydroxylation is 2. The van der Waals surface area contributed by atoms with Crippen molar-refractivity contribution in [3.8, 4) is 6.07 Å². The topological polar surface area (TPSA) is 92.1 Å². The van der Waals surface area contributed by atoms with Crippen molar-refractivity contribution in [1.29, 1.82) is 5.26 Å². The van der Waals surface area contributed by atoms with Crippen LogP contribution in [0, 0.1) is 24.2 Å².